The summed E-state index contributed by atoms with van der Waals surface area (Å²) >= 11 is 1.62. The first-order chi connectivity index (χ1) is 8.25. The molecule has 1 aromatic rings. The summed E-state index contributed by atoms with van der Waals surface area (Å²) in [5.74, 6) is 1.70. The molecule has 1 N–H and O–H groups in total. The van der Waals surface area contributed by atoms with E-state index in [0.717, 1.165) is 49.6 Å². The molecule has 92 valence electrons. The Morgan fingerprint density at radius 2 is 2.24 bits per heavy atom. The average molecular weight is 250 g/mol. The van der Waals surface area contributed by atoms with Crippen molar-refractivity contribution >= 4 is 17.2 Å². The molecule has 2 aliphatic rings. The molecule has 17 heavy (non-hydrogen) atoms. The number of aryl methyl sites for hydroxylation is 1. The van der Waals surface area contributed by atoms with E-state index in [1.807, 2.05) is 17.2 Å². The predicted molar refractivity (Wildman–Crippen MR) is 69.4 cm³/mol. The molecule has 3 heterocycles. The molecule has 4 heteroatoms. The molecule has 3 nitrogen and oxygen atoms in total. The number of amides is 1. The van der Waals surface area contributed by atoms with Crippen LogP contribution in [0.25, 0.3) is 0 Å². The van der Waals surface area contributed by atoms with Crippen LogP contribution in [0.5, 0.6) is 0 Å². The zero-order valence-corrected chi connectivity index (χ0v) is 10.9. The molecule has 0 saturated carbocycles. The van der Waals surface area contributed by atoms with Gasteiger partial charge in [0.25, 0.3) is 5.91 Å². The van der Waals surface area contributed by atoms with Gasteiger partial charge in [-0.05, 0) is 49.2 Å². The Hall–Kier alpha value is -0.870. The van der Waals surface area contributed by atoms with Crippen molar-refractivity contribution in [2.24, 2.45) is 11.8 Å². The van der Waals surface area contributed by atoms with Crippen molar-refractivity contribution in [1.29, 1.82) is 0 Å². The summed E-state index contributed by atoms with van der Waals surface area (Å²) < 4.78 is 0. The van der Waals surface area contributed by atoms with Gasteiger partial charge in [0.1, 0.15) is 0 Å². The molecule has 2 atom stereocenters. The summed E-state index contributed by atoms with van der Waals surface area (Å²) in [6.07, 6.45) is 1.16. The predicted octanol–water partition coefficient (Wildman–Crippen LogP) is 1.74. The molecule has 0 aliphatic carbocycles. The van der Waals surface area contributed by atoms with Gasteiger partial charge in [-0.2, -0.15) is 11.3 Å². The second-order valence-electron chi connectivity index (χ2n) is 5.19. The smallest absolute Gasteiger partial charge is 0.254 e. The highest BCUT2D eigenvalue weighted by atomic mass is 32.1. The molecule has 1 aromatic heterocycles. The summed E-state index contributed by atoms with van der Waals surface area (Å²) in [5, 5.41) is 7.47. The first kappa shape index (κ1) is 11.2. The van der Waals surface area contributed by atoms with Gasteiger partial charge >= 0.3 is 0 Å². The molecular weight excluding hydrogens is 232 g/mol. The monoisotopic (exact) mass is 250 g/mol. The SMILES string of the molecule is Cc1cscc1C(=O)N1CCC2CNCC2C1. The van der Waals surface area contributed by atoms with Gasteiger partial charge in [-0.25, -0.2) is 0 Å². The van der Waals surface area contributed by atoms with E-state index in [-0.39, 0.29) is 5.91 Å². The molecule has 1 amide bonds. The molecule has 3 rings (SSSR count). The van der Waals surface area contributed by atoms with Gasteiger partial charge in [-0.3, -0.25) is 4.79 Å². The van der Waals surface area contributed by atoms with Gasteiger partial charge in [0.2, 0.25) is 0 Å². The van der Waals surface area contributed by atoms with E-state index in [0.29, 0.717) is 5.92 Å². The van der Waals surface area contributed by atoms with E-state index in [9.17, 15) is 4.79 Å². The second kappa shape index (κ2) is 4.42. The fourth-order valence-electron chi connectivity index (χ4n) is 2.97. The van der Waals surface area contributed by atoms with Crippen LogP contribution in [0, 0.1) is 18.8 Å². The number of carbonyl (C=O) groups is 1. The Bertz CT molecular complexity index is 429. The number of hydrogen-bond donors (Lipinski definition) is 1. The lowest BCUT2D eigenvalue weighted by Crippen LogP contribution is -2.43. The standard InChI is InChI=1S/C13H18N2OS/c1-9-7-17-8-12(9)13(16)15-3-2-10-4-14-5-11(10)6-15/h7-8,10-11,14H,2-6H2,1H3. The number of rotatable bonds is 1. The lowest BCUT2D eigenvalue weighted by atomic mass is 9.88. The summed E-state index contributed by atoms with van der Waals surface area (Å²) in [7, 11) is 0. The molecule has 2 saturated heterocycles. The minimum Gasteiger partial charge on any atom is -0.338 e. The quantitative estimate of drug-likeness (QED) is 0.823. The van der Waals surface area contributed by atoms with Gasteiger partial charge < -0.3 is 10.2 Å². The van der Waals surface area contributed by atoms with Crippen molar-refractivity contribution in [3.8, 4) is 0 Å². The number of piperidine rings is 1. The van der Waals surface area contributed by atoms with Gasteiger partial charge in [0.05, 0.1) is 5.56 Å². The maximum atomic E-state index is 12.4. The van der Waals surface area contributed by atoms with Crippen molar-refractivity contribution in [3.63, 3.8) is 0 Å². The molecular formula is C13H18N2OS. The number of likely N-dealkylation sites (tertiary alicyclic amines) is 1. The summed E-state index contributed by atoms with van der Waals surface area (Å²) in [6.45, 7) is 6.11. The van der Waals surface area contributed by atoms with Gasteiger partial charge in [0, 0.05) is 18.5 Å². The minimum absolute atomic E-state index is 0.231. The van der Waals surface area contributed by atoms with Gasteiger partial charge in [-0.1, -0.05) is 0 Å². The number of nitrogens with zero attached hydrogens (tertiary/aromatic N) is 1. The zero-order chi connectivity index (χ0) is 11.8. The van der Waals surface area contributed by atoms with Crippen LogP contribution in [0.2, 0.25) is 0 Å². The first-order valence-electron chi connectivity index (χ1n) is 6.28. The second-order valence-corrected chi connectivity index (χ2v) is 5.93. The summed E-state index contributed by atoms with van der Waals surface area (Å²) in [5.41, 5.74) is 2.02. The van der Waals surface area contributed by atoms with Crippen molar-refractivity contribution in [3.05, 3.63) is 21.9 Å². The van der Waals surface area contributed by atoms with Gasteiger partial charge in [0.15, 0.2) is 0 Å². The molecule has 2 unspecified atom stereocenters. The van der Waals surface area contributed by atoms with E-state index in [1.165, 1.54) is 0 Å². The van der Waals surface area contributed by atoms with Crippen molar-refractivity contribution in [2.45, 2.75) is 13.3 Å². The van der Waals surface area contributed by atoms with Crippen LogP contribution >= 0.6 is 11.3 Å². The lowest BCUT2D eigenvalue weighted by Gasteiger charge is -2.34. The summed E-state index contributed by atoms with van der Waals surface area (Å²) in [4.78, 5) is 14.4. The third-order valence-corrected chi connectivity index (χ3v) is 4.94. The maximum Gasteiger partial charge on any atom is 0.254 e. The first-order valence-corrected chi connectivity index (χ1v) is 7.23. The van der Waals surface area contributed by atoms with E-state index < -0.39 is 0 Å². The Morgan fingerprint density at radius 3 is 3.00 bits per heavy atom. The Labute approximate surface area is 106 Å². The van der Waals surface area contributed by atoms with Crippen LogP contribution in [0.15, 0.2) is 10.8 Å². The number of hydrogen-bond acceptors (Lipinski definition) is 3. The van der Waals surface area contributed by atoms with Crippen molar-refractivity contribution in [1.82, 2.24) is 10.2 Å². The fraction of sp³-hybridized carbons (Fsp3) is 0.615. The highest BCUT2D eigenvalue weighted by Crippen LogP contribution is 2.28. The third kappa shape index (κ3) is 2.00. The highest BCUT2D eigenvalue weighted by molar-refractivity contribution is 7.08. The Kier molecular flexibility index (Phi) is 2.92. The van der Waals surface area contributed by atoms with E-state index in [2.05, 4.69) is 10.7 Å². The lowest BCUT2D eigenvalue weighted by molar-refractivity contribution is 0.0642. The third-order valence-electron chi connectivity index (χ3n) is 4.08. The largest absolute Gasteiger partial charge is 0.338 e. The molecule has 2 aliphatic heterocycles. The number of carbonyl (C=O) groups excluding carboxylic acids is 1. The summed E-state index contributed by atoms with van der Waals surface area (Å²) in [6, 6.07) is 0. The van der Waals surface area contributed by atoms with Crippen LogP contribution in [-0.4, -0.2) is 37.0 Å². The Balaban J connectivity index is 1.73. The topological polar surface area (TPSA) is 32.3 Å². The Morgan fingerprint density at radius 1 is 1.41 bits per heavy atom. The van der Waals surface area contributed by atoms with Crippen LogP contribution in [0.1, 0.15) is 22.3 Å². The fourth-order valence-corrected chi connectivity index (χ4v) is 3.79. The highest BCUT2D eigenvalue weighted by Gasteiger charge is 2.34. The molecule has 0 radical (unpaired) electrons. The van der Waals surface area contributed by atoms with E-state index >= 15 is 0 Å². The number of nitrogens with one attached hydrogen (secondary N) is 1. The van der Waals surface area contributed by atoms with Crippen LogP contribution in [-0.2, 0) is 0 Å². The van der Waals surface area contributed by atoms with Crippen LogP contribution in [0.4, 0.5) is 0 Å². The van der Waals surface area contributed by atoms with E-state index in [1.54, 1.807) is 11.3 Å². The van der Waals surface area contributed by atoms with E-state index in [4.69, 9.17) is 0 Å². The molecule has 2 fully saturated rings. The van der Waals surface area contributed by atoms with Crippen molar-refractivity contribution in [2.75, 3.05) is 26.2 Å². The van der Waals surface area contributed by atoms with Crippen LogP contribution in [0.3, 0.4) is 0 Å². The van der Waals surface area contributed by atoms with Crippen molar-refractivity contribution < 1.29 is 4.79 Å². The van der Waals surface area contributed by atoms with Gasteiger partial charge in [-0.15, -0.1) is 0 Å². The number of thiophene rings is 1. The number of fused-ring (bicyclic) bond motifs is 1. The normalized spacial score (nSPS) is 28.2. The van der Waals surface area contributed by atoms with Crippen LogP contribution < -0.4 is 5.32 Å². The molecule has 0 aromatic carbocycles. The molecule has 0 bridgehead atoms. The maximum absolute atomic E-state index is 12.4. The molecule has 0 spiro atoms. The minimum atomic E-state index is 0.231. The zero-order valence-electron chi connectivity index (χ0n) is 10.1. The average Bonchev–Trinajstić information content (AvgIpc) is 2.95.